The predicted octanol–water partition coefficient (Wildman–Crippen LogP) is 1.01. The van der Waals surface area contributed by atoms with Crippen molar-refractivity contribution in [3.63, 3.8) is 0 Å². The van der Waals surface area contributed by atoms with Crippen LogP contribution in [0.1, 0.15) is 10.4 Å². The zero-order valence-electron chi connectivity index (χ0n) is 10.2. The Morgan fingerprint density at radius 2 is 2.17 bits per heavy atom. The van der Waals surface area contributed by atoms with Gasteiger partial charge in [-0.1, -0.05) is 11.6 Å². The van der Waals surface area contributed by atoms with Gasteiger partial charge in [-0.05, 0) is 18.2 Å². The molecule has 0 spiro atoms. The Hall–Kier alpha value is -1.30. The lowest BCUT2D eigenvalue weighted by atomic mass is 10.2. The smallest absolute Gasteiger partial charge is 0.252 e. The standard InChI is InChI=1S/C12H17ClN2O3/c1-18-7-6-14-4-5-15-12(17)10-8-9(16)2-3-11(10)13/h2-3,8,14,16H,4-7H2,1H3,(H,15,17). The van der Waals surface area contributed by atoms with E-state index < -0.39 is 0 Å². The van der Waals surface area contributed by atoms with Crippen molar-refractivity contribution < 1.29 is 14.6 Å². The van der Waals surface area contributed by atoms with Crippen molar-refractivity contribution in [1.82, 2.24) is 10.6 Å². The van der Waals surface area contributed by atoms with Crippen molar-refractivity contribution in [3.8, 4) is 5.75 Å². The molecule has 6 heteroatoms. The number of ether oxygens (including phenoxy) is 1. The first-order valence-corrected chi connectivity index (χ1v) is 5.99. The molecule has 0 unspecified atom stereocenters. The molecule has 0 aromatic heterocycles. The Morgan fingerprint density at radius 3 is 2.89 bits per heavy atom. The van der Waals surface area contributed by atoms with Crippen LogP contribution in [0.5, 0.6) is 5.75 Å². The van der Waals surface area contributed by atoms with Crippen molar-refractivity contribution in [1.29, 1.82) is 0 Å². The van der Waals surface area contributed by atoms with Crippen LogP contribution < -0.4 is 10.6 Å². The number of carbonyl (C=O) groups is 1. The van der Waals surface area contributed by atoms with Crippen LogP contribution in [-0.2, 0) is 4.74 Å². The lowest BCUT2D eigenvalue weighted by Gasteiger charge is -2.08. The topological polar surface area (TPSA) is 70.6 Å². The van der Waals surface area contributed by atoms with E-state index in [1.807, 2.05) is 0 Å². The van der Waals surface area contributed by atoms with Gasteiger partial charge in [-0.2, -0.15) is 0 Å². The van der Waals surface area contributed by atoms with E-state index in [1.165, 1.54) is 18.2 Å². The quantitative estimate of drug-likeness (QED) is 0.648. The second-order valence-corrected chi connectivity index (χ2v) is 4.07. The largest absolute Gasteiger partial charge is 0.508 e. The lowest BCUT2D eigenvalue weighted by Crippen LogP contribution is -2.33. The molecule has 0 fully saturated rings. The molecule has 0 aliphatic carbocycles. The Balaban J connectivity index is 2.34. The number of hydrogen-bond donors (Lipinski definition) is 3. The second-order valence-electron chi connectivity index (χ2n) is 3.66. The molecular weight excluding hydrogens is 256 g/mol. The van der Waals surface area contributed by atoms with Crippen LogP contribution in [0.2, 0.25) is 5.02 Å². The maximum Gasteiger partial charge on any atom is 0.252 e. The maximum atomic E-state index is 11.7. The van der Waals surface area contributed by atoms with E-state index in [2.05, 4.69) is 10.6 Å². The van der Waals surface area contributed by atoms with Gasteiger partial charge in [-0.15, -0.1) is 0 Å². The third kappa shape index (κ3) is 4.91. The minimum atomic E-state index is -0.301. The summed E-state index contributed by atoms with van der Waals surface area (Å²) >= 11 is 5.87. The molecule has 100 valence electrons. The summed E-state index contributed by atoms with van der Waals surface area (Å²) in [6.45, 7) is 2.49. The Bertz CT molecular complexity index is 399. The van der Waals surface area contributed by atoms with E-state index in [0.29, 0.717) is 24.7 Å². The van der Waals surface area contributed by atoms with Crippen LogP contribution in [0, 0.1) is 0 Å². The summed E-state index contributed by atoms with van der Waals surface area (Å²) in [5, 5.41) is 15.4. The highest BCUT2D eigenvalue weighted by atomic mass is 35.5. The number of carbonyl (C=O) groups excluding carboxylic acids is 1. The molecule has 1 aromatic carbocycles. The van der Waals surface area contributed by atoms with Crippen LogP contribution in [0.4, 0.5) is 0 Å². The monoisotopic (exact) mass is 272 g/mol. The van der Waals surface area contributed by atoms with Gasteiger partial charge < -0.3 is 20.5 Å². The number of hydrogen-bond acceptors (Lipinski definition) is 4. The van der Waals surface area contributed by atoms with Crippen molar-refractivity contribution >= 4 is 17.5 Å². The predicted molar refractivity (Wildman–Crippen MR) is 70.2 cm³/mol. The highest BCUT2D eigenvalue weighted by Gasteiger charge is 2.10. The van der Waals surface area contributed by atoms with Gasteiger partial charge in [0, 0.05) is 26.7 Å². The second kappa shape index (κ2) is 7.92. The van der Waals surface area contributed by atoms with Gasteiger partial charge in [0.25, 0.3) is 5.91 Å². The minimum Gasteiger partial charge on any atom is -0.508 e. The number of halogens is 1. The summed E-state index contributed by atoms with van der Waals surface area (Å²) < 4.78 is 4.87. The Labute approximate surface area is 111 Å². The molecule has 0 radical (unpaired) electrons. The Morgan fingerprint density at radius 1 is 1.39 bits per heavy atom. The van der Waals surface area contributed by atoms with Crippen LogP contribution >= 0.6 is 11.6 Å². The highest BCUT2D eigenvalue weighted by molar-refractivity contribution is 6.33. The molecule has 0 saturated carbocycles. The maximum absolute atomic E-state index is 11.7. The van der Waals surface area contributed by atoms with Gasteiger partial charge in [0.2, 0.25) is 0 Å². The van der Waals surface area contributed by atoms with Crippen LogP contribution in [-0.4, -0.2) is 44.4 Å². The van der Waals surface area contributed by atoms with Crippen molar-refractivity contribution in [2.45, 2.75) is 0 Å². The fourth-order valence-electron chi connectivity index (χ4n) is 1.35. The number of amides is 1. The molecule has 0 aliphatic rings. The molecule has 0 aliphatic heterocycles. The fraction of sp³-hybridized carbons (Fsp3) is 0.417. The summed E-state index contributed by atoms with van der Waals surface area (Å²) in [6, 6.07) is 4.27. The average Bonchev–Trinajstić information content (AvgIpc) is 2.36. The lowest BCUT2D eigenvalue weighted by molar-refractivity contribution is 0.0953. The molecule has 0 heterocycles. The van der Waals surface area contributed by atoms with Crippen molar-refractivity contribution in [2.24, 2.45) is 0 Å². The molecule has 18 heavy (non-hydrogen) atoms. The number of benzene rings is 1. The van der Waals surface area contributed by atoms with E-state index in [4.69, 9.17) is 16.3 Å². The molecule has 1 aromatic rings. The van der Waals surface area contributed by atoms with Gasteiger partial charge >= 0.3 is 0 Å². The molecule has 5 nitrogen and oxygen atoms in total. The summed E-state index contributed by atoms with van der Waals surface area (Å²) in [4.78, 5) is 11.7. The normalized spacial score (nSPS) is 10.3. The van der Waals surface area contributed by atoms with E-state index in [9.17, 15) is 9.90 Å². The molecular formula is C12H17ClN2O3. The third-order valence-corrected chi connectivity index (χ3v) is 2.59. The zero-order valence-corrected chi connectivity index (χ0v) is 11.0. The van der Waals surface area contributed by atoms with Gasteiger partial charge in [0.15, 0.2) is 0 Å². The number of phenolic OH excluding ortho intramolecular Hbond substituents is 1. The third-order valence-electron chi connectivity index (χ3n) is 2.26. The average molecular weight is 273 g/mol. The minimum absolute atomic E-state index is 0.0165. The molecule has 0 atom stereocenters. The summed E-state index contributed by atoms with van der Waals surface area (Å²) in [6.07, 6.45) is 0. The zero-order chi connectivity index (χ0) is 13.4. The number of nitrogens with one attached hydrogen (secondary N) is 2. The molecule has 1 rings (SSSR count). The summed E-state index contributed by atoms with van der Waals surface area (Å²) in [5.74, 6) is -0.285. The van der Waals surface area contributed by atoms with Crippen molar-refractivity contribution in [2.75, 3.05) is 33.4 Å². The van der Waals surface area contributed by atoms with E-state index in [1.54, 1.807) is 7.11 Å². The van der Waals surface area contributed by atoms with Crippen LogP contribution in [0.15, 0.2) is 18.2 Å². The molecule has 0 bridgehead atoms. The van der Waals surface area contributed by atoms with Crippen LogP contribution in [0.3, 0.4) is 0 Å². The van der Waals surface area contributed by atoms with E-state index in [0.717, 1.165) is 6.54 Å². The first kappa shape index (κ1) is 14.8. The highest BCUT2D eigenvalue weighted by Crippen LogP contribution is 2.20. The molecule has 1 amide bonds. The molecule has 0 saturated heterocycles. The van der Waals surface area contributed by atoms with Gasteiger partial charge in [0.05, 0.1) is 17.2 Å². The number of phenols is 1. The number of aromatic hydroxyl groups is 1. The first-order valence-electron chi connectivity index (χ1n) is 5.61. The Kier molecular flexibility index (Phi) is 6.49. The SMILES string of the molecule is COCCNCCNC(=O)c1cc(O)ccc1Cl. The van der Waals surface area contributed by atoms with Gasteiger partial charge in [0.1, 0.15) is 5.75 Å². The van der Waals surface area contributed by atoms with Crippen molar-refractivity contribution in [3.05, 3.63) is 28.8 Å². The molecule has 3 N–H and O–H groups in total. The summed E-state index contributed by atoms with van der Waals surface area (Å²) in [5.41, 5.74) is 0.272. The van der Waals surface area contributed by atoms with Gasteiger partial charge in [-0.3, -0.25) is 4.79 Å². The summed E-state index contributed by atoms with van der Waals surface area (Å²) in [7, 11) is 1.63. The van der Waals surface area contributed by atoms with E-state index in [-0.39, 0.29) is 17.2 Å². The fourth-order valence-corrected chi connectivity index (χ4v) is 1.55. The number of methoxy groups -OCH3 is 1. The first-order chi connectivity index (χ1) is 8.65. The van der Waals surface area contributed by atoms with Gasteiger partial charge in [-0.25, -0.2) is 0 Å². The van der Waals surface area contributed by atoms with Crippen LogP contribution in [0.25, 0.3) is 0 Å². The number of rotatable bonds is 7. The van der Waals surface area contributed by atoms with E-state index >= 15 is 0 Å².